The predicted molar refractivity (Wildman–Crippen MR) is 93.2 cm³/mol. The normalized spacial score (nSPS) is 28.3. The van der Waals surface area contributed by atoms with Gasteiger partial charge in [0.15, 0.2) is 11.5 Å². The molecule has 2 atom stereocenters. The first kappa shape index (κ1) is 16.5. The van der Waals surface area contributed by atoms with Crippen molar-refractivity contribution >= 4 is 6.09 Å². The zero-order valence-electron chi connectivity index (χ0n) is 15.1. The highest BCUT2D eigenvalue weighted by molar-refractivity contribution is 5.70. The van der Waals surface area contributed by atoms with E-state index in [0.29, 0.717) is 6.54 Å². The molecular weight excluding hydrogens is 320 g/mol. The Bertz CT molecular complexity index is 690. The molecule has 1 aromatic rings. The van der Waals surface area contributed by atoms with Gasteiger partial charge in [0, 0.05) is 32.0 Å². The molecule has 1 amide bonds. The third-order valence-electron chi connectivity index (χ3n) is 5.54. The van der Waals surface area contributed by atoms with Crippen LogP contribution in [0.25, 0.3) is 0 Å². The van der Waals surface area contributed by atoms with Gasteiger partial charge in [-0.05, 0) is 43.5 Å². The van der Waals surface area contributed by atoms with Gasteiger partial charge in [-0.25, -0.2) is 4.79 Å². The number of methoxy groups -OCH3 is 1. The lowest BCUT2D eigenvalue weighted by molar-refractivity contribution is -0.0296. The highest BCUT2D eigenvalue weighted by Gasteiger charge is 2.48. The first-order chi connectivity index (χ1) is 12.0. The average molecular weight is 346 g/mol. The molecule has 1 spiro atoms. The Morgan fingerprint density at radius 2 is 2.16 bits per heavy atom. The van der Waals surface area contributed by atoms with Gasteiger partial charge in [-0.2, -0.15) is 0 Å². The van der Waals surface area contributed by atoms with Gasteiger partial charge >= 0.3 is 6.09 Å². The van der Waals surface area contributed by atoms with Crippen LogP contribution in [-0.2, 0) is 11.2 Å². The Kier molecular flexibility index (Phi) is 4.02. The molecule has 6 heteroatoms. The molecule has 0 aliphatic carbocycles. The number of hydrogen-bond acceptors (Lipinski definition) is 5. The summed E-state index contributed by atoms with van der Waals surface area (Å²) in [6.45, 7) is 6.63. The third kappa shape index (κ3) is 2.92. The van der Waals surface area contributed by atoms with Crippen molar-refractivity contribution < 1.29 is 19.0 Å². The van der Waals surface area contributed by atoms with Crippen LogP contribution >= 0.6 is 0 Å². The maximum Gasteiger partial charge on any atom is 0.407 e. The summed E-state index contributed by atoms with van der Waals surface area (Å²) in [6.07, 6.45) is 2.53. The van der Waals surface area contributed by atoms with Crippen molar-refractivity contribution in [1.29, 1.82) is 0 Å². The molecule has 0 aromatic heterocycles. The van der Waals surface area contributed by atoms with Gasteiger partial charge in [-0.1, -0.05) is 0 Å². The molecule has 3 aliphatic heterocycles. The Morgan fingerprint density at radius 1 is 1.32 bits per heavy atom. The average Bonchev–Trinajstić information content (AvgIpc) is 2.94. The zero-order chi connectivity index (χ0) is 17.6. The highest BCUT2D eigenvalue weighted by atomic mass is 16.6. The number of fused-ring (bicyclic) bond motifs is 3. The fourth-order valence-corrected chi connectivity index (χ4v) is 4.33. The van der Waals surface area contributed by atoms with E-state index >= 15 is 0 Å². The van der Waals surface area contributed by atoms with Crippen LogP contribution in [-0.4, -0.2) is 49.4 Å². The number of carbonyl (C=O) groups excluding carboxylic acids is 1. The molecule has 25 heavy (non-hydrogen) atoms. The number of rotatable bonds is 3. The summed E-state index contributed by atoms with van der Waals surface area (Å²) >= 11 is 0. The summed E-state index contributed by atoms with van der Waals surface area (Å²) in [6, 6.07) is 4.50. The maximum atomic E-state index is 11.6. The largest absolute Gasteiger partial charge is 0.493 e. The van der Waals surface area contributed by atoms with Crippen LogP contribution in [0.15, 0.2) is 12.1 Å². The molecule has 0 bridgehead atoms. The van der Waals surface area contributed by atoms with Gasteiger partial charge in [0.2, 0.25) is 0 Å². The Morgan fingerprint density at radius 3 is 2.84 bits per heavy atom. The van der Waals surface area contributed by atoms with E-state index in [4.69, 9.17) is 14.2 Å². The summed E-state index contributed by atoms with van der Waals surface area (Å²) in [5, 5.41) is 2.83. The van der Waals surface area contributed by atoms with Gasteiger partial charge < -0.3 is 19.5 Å². The lowest BCUT2D eigenvalue weighted by Crippen LogP contribution is -2.50. The summed E-state index contributed by atoms with van der Waals surface area (Å²) < 4.78 is 17.2. The van der Waals surface area contributed by atoms with Gasteiger partial charge in [0.05, 0.1) is 19.8 Å². The van der Waals surface area contributed by atoms with Crippen molar-refractivity contribution in [2.75, 3.05) is 26.7 Å². The number of amides is 1. The molecule has 2 fully saturated rings. The van der Waals surface area contributed by atoms with E-state index in [-0.39, 0.29) is 23.8 Å². The van der Waals surface area contributed by atoms with Crippen LogP contribution in [0.3, 0.4) is 0 Å². The summed E-state index contributed by atoms with van der Waals surface area (Å²) in [7, 11) is 1.68. The minimum atomic E-state index is -0.369. The van der Waals surface area contributed by atoms with Crippen LogP contribution in [0.5, 0.6) is 11.5 Å². The molecule has 136 valence electrons. The molecule has 6 nitrogen and oxygen atoms in total. The molecule has 0 saturated carbocycles. The van der Waals surface area contributed by atoms with Gasteiger partial charge in [0.25, 0.3) is 0 Å². The smallest absolute Gasteiger partial charge is 0.407 e. The Hall–Kier alpha value is -1.95. The molecule has 3 heterocycles. The fourth-order valence-electron chi connectivity index (χ4n) is 4.33. The Balaban J connectivity index is 1.69. The van der Waals surface area contributed by atoms with Gasteiger partial charge in [-0.15, -0.1) is 0 Å². The van der Waals surface area contributed by atoms with Crippen molar-refractivity contribution in [2.24, 2.45) is 0 Å². The van der Waals surface area contributed by atoms with E-state index in [1.807, 2.05) is 13.8 Å². The predicted octanol–water partition coefficient (Wildman–Crippen LogP) is 2.65. The molecule has 1 N–H and O–H groups in total. The van der Waals surface area contributed by atoms with Crippen molar-refractivity contribution in [3.8, 4) is 11.5 Å². The number of piperidine rings is 1. The van der Waals surface area contributed by atoms with E-state index in [1.165, 1.54) is 11.1 Å². The van der Waals surface area contributed by atoms with E-state index < -0.39 is 0 Å². The van der Waals surface area contributed by atoms with Crippen molar-refractivity contribution in [1.82, 2.24) is 10.2 Å². The number of nitrogens with one attached hydrogen (secondary N) is 1. The standard InChI is InChI=1S/C19H26N2O4/c1-12(2)24-17-9-14-13(8-16(17)23-3)4-6-21-7-5-19(10-15(14)21)11-20-18(22)25-19/h8-9,12,15H,4-7,10-11H2,1-3H3,(H,20,22)/t15-,19-/m0/s1. The van der Waals surface area contributed by atoms with E-state index in [0.717, 1.165) is 43.9 Å². The molecule has 2 saturated heterocycles. The van der Waals surface area contributed by atoms with Crippen molar-refractivity contribution in [3.05, 3.63) is 23.3 Å². The summed E-state index contributed by atoms with van der Waals surface area (Å²) in [5.74, 6) is 1.58. The lowest BCUT2D eigenvalue weighted by Gasteiger charge is -2.46. The first-order valence-corrected chi connectivity index (χ1v) is 9.08. The second kappa shape index (κ2) is 6.09. The summed E-state index contributed by atoms with van der Waals surface area (Å²) in [4.78, 5) is 14.1. The number of alkyl carbamates (subject to hydrolysis) is 1. The summed E-state index contributed by atoms with van der Waals surface area (Å²) in [5.41, 5.74) is 2.22. The second-order valence-corrected chi connectivity index (χ2v) is 7.55. The quantitative estimate of drug-likeness (QED) is 0.912. The SMILES string of the molecule is COc1cc2c(cc1OC(C)C)[C@@H]1C[C@@]3(CCN1CC2)CNC(=O)O3. The molecular formula is C19H26N2O4. The molecule has 0 radical (unpaired) electrons. The number of carbonyl (C=O) groups is 1. The minimum absolute atomic E-state index is 0.0873. The fraction of sp³-hybridized carbons (Fsp3) is 0.632. The second-order valence-electron chi connectivity index (χ2n) is 7.55. The first-order valence-electron chi connectivity index (χ1n) is 9.08. The maximum absolute atomic E-state index is 11.6. The van der Waals surface area contributed by atoms with Gasteiger partial charge in [-0.3, -0.25) is 4.90 Å². The van der Waals surface area contributed by atoms with Crippen LogP contribution in [0, 0.1) is 0 Å². The third-order valence-corrected chi connectivity index (χ3v) is 5.54. The van der Waals surface area contributed by atoms with Crippen LogP contribution in [0.2, 0.25) is 0 Å². The van der Waals surface area contributed by atoms with Crippen LogP contribution in [0.1, 0.15) is 43.9 Å². The van der Waals surface area contributed by atoms with Crippen LogP contribution < -0.4 is 14.8 Å². The molecule has 3 aliphatic rings. The molecule has 1 aromatic carbocycles. The topological polar surface area (TPSA) is 60.0 Å². The van der Waals surface area contributed by atoms with Crippen LogP contribution in [0.4, 0.5) is 4.79 Å². The van der Waals surface area contributed by atoms with Crippen molar-refractivity contribution in [3.63, 3.8) is 0 Å². The van der Waals surface area contributed by atoms with Crippen molar-refractivity contribution in [2.45, 2.75) is 50.9 Å². The number of hydrogen-bond donors (Lipinski definition) is 1. The zero-order valence-corrected chi connectivity index (χ0v) is 15.1. The minimum Gasteiger partial charge on any atom is -0.493 e. The number of nitrogens with zero attached hydrogens (tertiary/aromatic N) is 1. The Labute approximate surface area is 148 Å². The number of benzene rings is 1. The molecule has 4 rings (SSSR count). The van der Waals surface area contributed by atoms with E-state index in [2.05, 4.69) is 22.3 Å². The van der Waals surface area contributed by atoms with Gasteiger partial charge in [0.1, 0.15) is 5.60 Å². The number of ether oxygens (including phenoxy) is 3. The van der Waals surface area contributed by atoms with E-state index in [9.17, 15) is 4.79 Å². The monoisotopic (exact) mass is 346 g/mol. The highest BCUT2D eigenvalue weighted by Crippen LogP contribution is 2.46. The molecule has 0 unspecified atom stereocenters. The lowest BCUT2D eigenvalue weighted by atomic mass is 9.79. The van der Waals surface area contributed by atoms with E-state index in [1.54, 1.807) is 7.11 Å².